The first-order valence-corrected chi connectivity index (χ1v) is 13.2. The lowest BCUT2D eigenvalue weighted by Crippen LogP contribution is -2.51. The van der Waals surface area contributed by atoms with Crippen LogP contribution in [0.3, 0.4) is 0 Å². The van der Waals surface area contributed by atoms with Gasteiger partial charge in [0.1, 0.15) is 6.10 Å². The van der Waals surface area contributed by atoms with Gasteiger partial charge in [0.15, 0.2) is 0 Å². The zero-order valence-electron chi connectivity index (χ0n) is 21.1. The molecule has 1 fully saturated rings. The Balaban J connectivity index is 1.42. The van der Waals surface area contributed by atoms with Crippen molar-refractivity contribution in [1.82, 2.24) is 9.80 Å². The minimum absolute atomic E-state index is 0.0746. The predicted molar refractivity (Wildman–Crippen MR) is 147 cm³/mol. The van der Waals surface area contributed by atoms with E-state index in [1.54, 1.807) is 11.9 Å². The van der Waals surface area contributed by atoms with Crippen LogP contribution in [0.1, 0.15) is 12.5 Å². The Morgan fingerprint density at radius 1 is 1.03 bits per heavy atom. The third-order valence-electron chi connectivity index (χ3n) is 6.46. The van der Waals surface area contributed by atoms with Crippen molar-refractivity contribution in [2.45, 2.75) is 19.4 Å². The Bertz CT molecular complexity index is 1140. The Morgan fingerprint density at radius 2 is 1.78 bits per heavy atom. The molecule has 1 N–H and O–H groups in total. The molecule has 0 bridgehead atoms. The third kappa shape index (κ3) is 6.51. The second-order valence-corrected chi connectivity index (χ2v) is 9.94. The van der Waals surface area contributed by atoms with Crippen LogP contribution in [0.25, 0.3) is 11.1 Å². The SMILES string of the molecule is CCOC(Cc1ccc(-c2cccc(N(C)C(=O)Nc3cccs3)c2)cc1)C(=O)N1CCN(C)CC1. The Labute approximate surface area is 217 Å². The summed E-state index contributed by atoms with van der Waals surface area (Å²) in [6.07, 6.45) is 0.0772. The van der Waals surface area contributed by atoms with E-state index in [1.165, 1.54) is 11.3 Å². The van der Waals surface area contributed by atoms with Gasteiger partial charge in [0.05, 0.1) is 5.00 Å². The second kappa shape index (κ2) is 12.2. The van der Waals surface area contributed by atoms with Crippen LogP contribution in [0, 0.1) is 0 Å². The number of thiophene rings is 1. The van der Waals surface area contributed by atoms with Crippen molar-refractivity contribution in [2.75, 3.05) is 57.1 Å². The number of ether oxygens (including phenoxy) is 1. The van der Waals surface area contributed by atoms with Crippen LogP contribution in [-0.4, -0.2) is 74.7 Å². The Kier molecular flexibility index (Phi) is 8.74. The van der Waals surface area contributed by atoms with Crippen LogP contribution in [-0.2, 0) is 16.0 Å². The number of nitrogens with one attached hydrogen (secondary N) is 1. The second-order valence-electron chi connectivity index (χ2n) is 8.99. The van der Waals surface area contributed by atoms with Crippen molar-refractivity contribution >= 4 is 34.0 Å². The quantitative estimate of drug-likeness (QED) is 0.477. The van der Waals surface area contributed by atoms with E-state index in [0.29, 0.717) is 13.0 Å². The molecule has 2 heterocycles. The van der Waals surface area contributed by atoms with Gasteiger partial charge in [-0.25, -0.2) is 4.79 Å². The Hall–Kier alpha value is -3.20. The van der Waals surface area contributed by atoms with Crippen LogP contribution >= 0.6 is 11.3 Å². The van der Waals surface area contributed by atoms with Gasteiger partial charge in [-0.1, -0.05) is 36.4 Å². The number of hydrogen-bond donors (Lipinski definition) is 1. The summed E-state index contributed by atoms with van der Waals surface area (Å²) in [4.78, 5) is 31.5. The first-order valence-electron chi connectivity index (χ1n) is 12.3. The monoisotopic (exact) mass is 506 g/mol. The molecule has 0 radical (unpaired) electrons. The summed E-state index contributed by atoms with van der Waals surface area (Å²) >= 11 is 1.49. The van der Waals surface area contributed by atoms with E-state index < -0.39 is 6.10 Å². The number of carbonyl (C=O) groups is 2. The van der Waals surface area contributed by atoms with Crippen LogP contribution in [0.2, 0.25) is 0 Å². The van der Waals surface area contributed by atoms with Gasteiger partial charge >= 0.3 is 6.03 Å². The molecule has 0 spiro atoms. The summed E-state index contributed by atoms with van der Waals surface area (Å²) in [7, 11) is 3.84. The number of amides is 3. The first kappa shape index (κ1) is 25.9. The first-order chi connectivity index (χ1) is 17.4. The maximum Gasteiger partial charge on any atom is 0.326 e. The van der Waals surface area contributed by atoms with E-state index in [0.717, 1.165) is 53.6 Å². The molecule has 1 aliphatic heterocycles. The van der Waals surface area contributed by atoms with Gasteiger partial charge in [0.25, 0.3) is 5.91 Å². The lowest BCUT2D eigenvalue weighted by molar-refractivity contribution is -0.145. The molecule has 3 amide bonds. The largest absolute Gasteiger partial charge is 0.368 e. The molecule has 1 aromatic heterocycles. The third-order valence-corrected chi connectivity index (χ3v) is 7.24. The summed E-state index contributed by atoms with van der Waals surface area (Å²) in [5, 5.41) is 5.65. The molecule has 4 rings (SSSR count). The molecule has 1 unspecified atom stereocenters. The summed E-state index contributed by atoms with van der Waals surface area (Å²) < 4.78 is 5.86. The lowest BCUT2D eigenvalue weighted by atomic mass is 10.0. The number of nitrogens with zero attached hydrogens (tertiary/aromatic N) is 3. The van der Waals surface area contributed by atoms with E-state index in [2.05, 4.69) is 41.5 Å². The van der Waals surface area contributed by atoms with Crippen molar-refractivity contribution in [1.29, 1.82) is 0 Å². The average molecular weight is 507 g/mol. The minimum atomic E-state index is -0.469. The van der Waals surface area contributed by atoms with E-state index in [-0.39, 0.29) is 11.9 Å². The average Bonchev–Trinajstić information content (AvgIpc) is 3.41. The molecule has 1 saturated heterocycles. The molecule has 36 heavy (non-hydrogen) atoms. The van der Waals surface area contributed by atoms with Gasteiger partial charge in [-0.2, -0.15) is 0 Å². The van der Waals surface area contributed by atoms with Crippen LogP contribution in [0.5, 0.6) is 0 Å². The molecule has 3 aromatic rings. The molecule has 7 nitrogen and oxygen atoms in total. The number of urea groups is 1. The fourth-order valence-corrected chi connectivity index (χ4v) is 4.85. The lowest BCUT2D eigenvalue weighted by Gasteiger charge is -2.34. The zero-order valence-corrected chi connectivity index (χ0v) is 22.0. The van der Waals surface area contributed by atoms with Gasteiger partial charge in [0, 0.05) is 51.9 Å². The van der Waals surface area contributed by atoms with E-state index in [4.69, 9.17) is 4.74 Å². The molecule has 2 aromatic carbocycles. The highest BCUT2D eigenvalue weighted by Gasteiger charge is 2.27. The van der Waals surface area contributed by atoms with E-state index in [9.17, 15) is 9.59 Å². The number of piperazine rings is 1. The molecule has 1 atom stereocenters. The molecule has 190 valence electrons. The van der Waals surface area contributed by atoms with Gasteiger partial charge in [-0.3, -0.25) is 15.0 Å². The van der Waals surface area contributed by atoms with Crippen molar-refractivity contribution in [3.63, 3.8) is 0 Å². The van der Waals surface area contributed by atoms with Gasteiger partial charge in [-0.15, -0.1) is 11.3 Å². The number of rotatable bonds is 8. The van der Waals surface area contributed by atoms with Crippen molar-refractivity contribution in [3.05, 3.63) is 71.6 Å². The highest BCUT2D eigenvalue weighted by atomic mass is 32.1. The van der Waals surface area contributed by atoms with Crippen molar-refractivity contribution in [3.8, 4) is 11.1 Å². The minimum Gasteiger partial charge on any atom is -0.368 e. The topological polar surface area (TPSA) is 65.1 Å². The fourth-order valence-electron chi connectivity index (χ4n) is 4.25. The van der Waals surface area contributed by atoms with Crippen molar-refractivity contribution < 1.29 is 14.3 Å². The number of carbonyl (C=O) groups excluding carboxylic acids is 2. The predicted octanol–water partition coefficient (Wildman–Crippen LogP) is 4.81. The van der Waals surface area contributed by atoms with Crippen LogP contribution in [0.15, 0.2) is 66.0 Å². The van der Waals surface area contributed by atoms with E-state index >= 15 is 0 Å². The van der Waals surface area contributed by atoms with Crippen LogP contribution in [0.4, 0.5) is 15.5 Å². The Morgan fingerprint density at radius 3 is 2.44 bits per heavy atom. The number of anilines is 2. The van der Waals surface area contributed by atoms with Crippen LogP contribution < -0.4 is 10.2 Å². The zero-order chi connectivity index (χ0) is 25.5. The summed E-state index contributed by atoms with van der Waals surface area (Å²) in [6, 6.07) is 19.7. The van der Waals surface area contributed by atoms with Gasteiger partial charge < -0.3 is 14.5 Å². The molecular formula is C28H34N4O3S. The van der Waals surface area contributed by atoms with E-state index in [1.807, 2.05) is 53.6 Å². The summed E-state index contributed by atoms with van der Waals surface area (Å²) in [6.45, 7) is 5.70. The molecule has 1 aliphatic rings. The van der Waals surface area contributed by atoms with Gasteiger partial charge in [-0.05, 0) is 60.3 Å². The standard InChI is InChI=1S/C28H34N4O3S/c1-4-35-25(27(33)32-16-14-30(2)15-17-32)19-21-10-12-22(13-11-21)23-7-5-8-24(20-23)31(3)28(34)29-26-9-6-18-36-26/h5-13,18,20,25H,4,14-17,19H2,1-3H3,(H,29,34). The number of hydrogen-bond acceptors (Lipinski definition) is 5. The number of benzene rings is 2. The molecule has 0 saturated carbocycles. The smallest absolute Gasteiger partial charge is 0.326 e. The molecular weight excluding hydrogens is 472 g/mol. The maximum absolute atomic E-state index is 13.1. The molecule has 0 aliphatic carbocycles. The summed E-state index contributed by atoms with van der Waals surface area (Å²) in [5.41, 5.74) is 3.93. The summed E-state index contributed by atoms with van der Waals surface area (Å²) in [5.74, 6) is 0.0746. The normalized spacial score (nSPS) is 14.9. The highest BCUT2D eigenvalue weighted by Crippen LogP contribution is 2.26. The number of likely N-dealkylation sites (N-methyl/N-ethyl adjacent to an activating group) is 1. The van der Waals surface area contributed by atoms with Gasteiger partial charge in [0.2, 0.25) is 0 Å². The maximum atomic E-state index is 13.1. The molecule has 8 heteroatoms. The van der Waals surface area contributed by atoms with Crippen molar-refractivity contribution in [2.24, 2.45) is 0 Å². The highest BCUT2D eigenvalue weighted by molar-refractivity contribution is 7.14. The fraction of sp³-hybridized carbons (Fsp3) is 0.357.